The summed E-state index contributed by atoms with van der Waals surface area (Å²) in [5.41, 5.74) is 1.03. The number of dihydropyridines is 1. The van der Waals surface area contributed by atoms with Gasteiger partial charge in [-0.25, -0.2) is 15.3 Å². The maximum atomic E-state index is 13.4. The van der Waals surface area contributed by atoms with Gasteiger partial charge in [-0.2, -0.15) is 0 Å². The van der Waals surface area contributed by atoms with E-state index in [9.17, 15) is 24.0 Å². The molecule has 1 atom stereocenters. The molecule has 0 aromatic heterocycles. The van der Waals surface area contributed by atoms with Crippen molar-refractivity contribution < 1.29 is 24.0 Å². The number of hydrogen-bond acceptors (Lipinski definition) is 6. The van der Waals surface area contributed by atoms with E-state index < -0.39 is 23.8 Å². The molecule has 3 rings (SSSR count). The maximum Gasteiger partial charge on any atom is 0.330 e. The number of allylic oxidation sites excluding steroid dienone is 1. The van der Waals surface area contributed by atoms with E-state index in [1.165, 1.54) is 11.1 Å². The molecule has 32 heavy (non-hydrogen) atoms. The Kier molecular flexibility index (Phi) is 7.14. The van der Waals surface area contributed by atoms with E-state index in [1.807, 2.05) is 0 Å². The van der Waals surface area contributed by atoms with E-state index in [0.717, 1.165) is 10.0 Å². The van der Waals surface area contributed by atoms with Crippen molar-refractivity contribution in [2.45, 2.75) is 13.0 Å². The molecule has 2 aliphatic rings. The molecular weight excluding hydrogens is 416 g/mol. The zero-order valence-electron chi connectivity index (χ0n) is 17.4. The maximum absolute atomic E-state index is 13.4. The Morgan fingerprint density at radius 2 is 1.97 bits per heavy atom. The SMILES string of the molecule is CCN1CCN(N(C=O)C(C(=O)NC2=C(NC=O)[C+]=CNC2)c2ccccc2)C(=O)C1=O. The molecule has 11 heteroatoms. The van der Waals surface area contributed by atoms with Gasteiger partial charge in [0, 0.05) is 13.1 Å². The van der Waals surface area contributed by atoms with Gasteiger partial charge in [0.15, 0.2) is 6.04 Å². The minimum atomic E-state index is -1.24. The van der Waals surface area contributed by atoms with Crippen LogP contribution in [0.2, 0.25) is 0 Å². The largest absolute Gasteiger partial charge is 0.344 e. The summed E-state index contributed by atoms with van der Waals surface area (Å²) in [5.74, 6) is -2.27. The number of likely N-dealkylation sites (N-methyl/N-ethyl adjacent to an activating group) is 1. The number of carbonyl (C=O) groups is 5. The van der Waals surface area contributed by atoms with Gasteiger partial charge < -0.3 is 10.2 Å². The van der Waals surface area contributed by atoms with Crippen molar-refractivity contribution in [1.82, 2.24) is 30.9 Å². The highest BCUT2D eigenvalue weighted by Gasteiger charge is 2.41. The zero-order valence-corrected chi connectivity index (χ0v) is 17.4. The van der Waals surface area contributed by atoms with Crippen molar-refractivity contribution >= 4 is 30.5 Å². The number of nitrogens with one attached hydrogen (secondary N) is 3. The Balaban J connectivity index is 1.95. The molecule has 0 radical (unpaired) electrons. The average molecular weight is 439 g/mol. The fourth-order valence-corrected chi connectivity index (χ4v) is 3.47. The van der Waals surface area contributed by atoms with Crippen LogP contribution in [0.25, 0.3) is 0 Å². The Bertz CT molecular complexity index is 961. The fraction of sp³-hybridized carbons (Fsp3) is 0.286. The van der Waals surface area contributed by atoms with Crippen LogP contribution < -0.4 is 16.0 Å². The molecule has 1 fully saturated rings. The third-order valence-electron chi connectivity index (χ3n) is 5.06. The molecule has 0 aliphatic carbocycles. The van der Waals surface area contributed by atoms with E-state index in [-0.39, 0.29) is 25.3 Å². The van der Waals surface area contributed by atoms with Crippen molar-refractivity contribution in [1.29, 1.82) is 0 Å². The van der Waals surface area contributed by atoms with Gasteiger partial charge in [-0.3, -0.25) is 29.3 Å². The highest BCUT2D eigenvalue weighted by molar-refractivity contribution is 6.35. The van der Waals surface area contributed by atoms with Crippen molar-refractivity contribution in [3.8, 4) is 0 Å². The summed E-state index contributed by atoms with van der Waals surface area (Å²) in [6, 6.07) is 7.17. The van der Waals surface area contributed by atoms with Gasteiger partial charge in [-0.05, 0) is 12.5 Å². The minimum absolute atomic E-state index is 0.0620. The first-order chi connectivity index (χ1) is 15.5. The van der Waals surface area contributed by atoms with Crippen LogP contribution in [0.4, 0.5) is 0 Å². The quantitative estimate of drug-likeness (QED) is 0.251. The second-order valence-corrected chi connectivity index (χ2v) is 6.89. The Morgan fingerprint density at radius 1 is 1.22 bits per heavy atom. The van der Waals surface area contributed by atoms with E-state index in [2.05, 4.69) is 22.0 Å². The summed E-state index contributed by atoms with van der Waals surface area (Å²) in [7, 11) is 0. The summed E-state index contributed by atoms with van der Waals surface area (Å²) in [6.07, 6.45) is 5.08. The second-order valence-electron chi connectivity index (χ2n) is 6.89. The van der Waals surface area contributed by atoms with E-state index >= 15 is 0 Å². The Hall–Kier alpha value is -4.24. The monoisotopic (exact) mass is 439 g/mol. The predicted octanol–water partition coefficient (Wildman–Crippen LogP) is -1.21. The van der Waals surface area contributed by atoms with E-state index in [0.29, 0.717) is 30.6 Å². The standard InChI is InChI=1S/C21H22N6O5/c1-2-25-10-11-26(21(32)20(25)31)27(14-29)18(15-6-4-3-5-7-15)19(30)24-17-12-22-9-8-16(17)23-13-28/h3-7,9,13-14,18H,2,10-12H2,1H3,(H2-,22,23,24,28,30,31,32)/p+1. The number of nitrogens with zero attached hydrogens (tertiary/aromatic N) is 3. The lowest BCUT2D eigenvalue weighted by Crippen LogP contribution is -2.61. The molecule has 166 valence electrons. The number of rotatable bonds is 9. The van der Waals surface area contributed by atoms with Gasteiger partial charge in [-0.15, -0.1) is 0 Å². The fourth-order valence-electron chi connectivity index (χ4n) is 3.47. The number of carbonyl (C=O) groups excluding carboxylic acids is 5. The van der Waals surface area contributed by atoms with Gasteiger partial charge in [0.2, 0.25) is 18.5 Å². The Labute approximate surface area is 184 Å². The van der Waals surface area contributed by atoms with Crippen LogP contribution in [0.1, 0.15) is 18.5 Å². The van der Waals surface area contributed by atoms with Gasteiger partial charge in [0.1, 0.15) is 18.8 Å². The third kappa shape index (κ3) is 4.57. The summed E-state index contributed by atoms with van der Waals surface area (Å²) in [6.45, 7) is 2.61. The van der Waals surface area contributed by atoms with Gasteiger partial charge in [-0.1, -0.05) is 30.3 Å². The normalized spacial score (nSPS) is 16.7. The van der Waals surface area contributed by atoms with Crippen LogP contribution in [0.15, 0.2) is 47.9 Å². The highest BCUT2D eigenvalue weighted by atomic mass is 16.2. The summed E-state index contributed by atoms with van der Waals surface area (Å²) >= 11 is 0. The lowest BCUT2D eigenvalue weighted by molar-refractivity contribution is -0.177. The van der Waals surface area contributed by atoms with Crippen molar-refractivity contribution in [2.24, 2.45) is 0 Å². The van der Waals surface area contributed by atoms with Crippen LogP contribution in [-0.4, -0.2) is 71.6 Å². The number of piperazine rings is 1. The predicted molar refractivity (Wildman–Crippen MR) is 111 cm³/mol. The smallest absolute Gasteiger partial charge is 0.330 e. The zero-order chi connectivity index (χ0) is 23.1. The second kappa shape index (κ2) is 10.2. The molecule has 0 spiro atoms. The molecule has 2 heterocycles. The topological polar surface area (TPSA) is 131 Å². The summed E-state index contributed by atoms with van der Waals surface area (Å²) in [5, 5.41) is 9.94. The van der Waals surface area contributed by atoms with Crippen LogP contribution in [-0.2, 0) is 24.0 Å². The van der Waals surface area contributed by atoms with Crippen molar-refractivity contribution in [3.63, 3.8) is 0 Å². The first-order valence-corrected chi connectivity index (χ1v) is 9.96. The summed E-state index contributed by atoms with van der Waals surface area (Å²) in [4.78, 5) is 62.8. The molecule has 1 aromatic rings. The van der Waals surface area contributed by atoms with Crippen LogP contribution >= 0.6 is 0 Å². The molecule has 1 aromatic carbocycles. The van der Waals surface area contributed by atoms with E-state index in [1.54, 1.807) is 37.3 Å². The first kappa shape index (κ1) is 22.4. The molecule has 1 unspecified atom stereocenters. The molecular formula is C21H23N6O5+. The van der Waals surface area contributed by atoms with Crippen molar-refractivity contribution in [2.75, 3.05) is 26.2 Å². The number of hydrogen-bond donors (Lipinski definition) is 3. The first-order valence-electron chi connectivity index (χ1n) is 9.96. The van der Waals surface area contributed by atoms with E-state index in [4.69, 9.17) is 0 Å². The van der Waals surface area contributed by atoms with Crippen LogP contribution in [0.3, 0.4) is 0 Å². The average Bonchev–Trinajstić information content (AvgIpc) is 2.81. The molecule has 0 bridgehead atoms. The highest BCUT2D eigenvalue weighted by Crippen LogP contribution is 2.24. The lowest BCUT2D eigenvalue weighted by Gasteiger charge is -2.40. The summed E-state index contributed by atoms with van der Waals surface area (Å²) < 4.78 is 0. The van der Waals surface area contributed by atoms with Gasteiger partial charge >= 0.3 is 11.8 Å². The van der Waals surface area contributed by atoms with Crippen molar-refractivity contribution in [3.05, 3.63) is 59.6 Å². The van der Waals surface area contributed by atoms with Crippen LogP contribution in [0, 0.1) is 6.08 Å². The van der Waals surface area contributed by atoms with Crippen LogP contribution in [0.5, 0.6) is 0 Å². The number of amides is 5. The van der Waals surface area contributed by atoms with Gasteiger partial charge in [0.25, 0.3) is 11.6 Å². The number of hydrazine groups is 1. The Morgan fingerprint density at radius 3 is 2.62 bits per heavy atom. The molecule has 0 saturated carbocycles. The number of benzene rings is 1. The molecule has 1 saturated heterocycles. The van der Waals surface area contributed by atoms with Gasteiger partial charge in [0.05, 0.1) is 6.54 Å². The molecule has 2 aliphatic heterocycles. The molecule has 11 nitrogen and oxygen atoms in total. The molecule has 5 amide bonds. The minimum Gasteiger partial charge on any atom is -0.344 e. The lowest BCUT2D eigenvalue weighted by atomic mass is 10.1. The third-order valence-corrected chi connectivity index (χ3v) is 5.06. The molecule has 3 N–H and O–H groups in total.